The third-order valence-corrected chi connectivity index (χ3v) is 5.10. The number of alkyl halides is 3. The van der Waals surface area contributed by atoms with E-state index >= 15 is 0 Å². The van der Waals surface area contributed by atoms with Crippen LogP contribution in [0.2, 0.25) is 0 Å². The van der Waals surface area contributed by atoms with Crippen molar-refractivity contribution < 1.29 is 18.3 Å². The van der Waals surface area contributed by atoms with E-state index in [1.54, 1.807) is 0 Å². The van der Waals surface area contributed by atoms with Gasteiger partial charge >= 0.3 is 6.18 Å². The molecule has 0 saturated carbocycles. The van der Waals surface area contributed by atoms with Gasteiger partial charge in [0.2, 0.25) is 0 Å². The molecule has 0 unspecified atom stereocenters. The molecule has 0 amide bonds. The smallest absolute Gasteiger partial charge is 0.380 e. The number of benzene rings is 1. The van der Waals surface area contributed by atoms with Crippen molar-refractivity contribution in [3.8, 4) is 0 Å². The molecule has 4 nitrogen and oxygen atoms in total. The number of nitrogens with zero attached hydrogens (tertiary/aromatic N) is 3. The molecule has 0 spiro atoms. The van der Waals surface area contributed by atoms with Crippen LogP contribution in [0.25, 0.3) is 11.0 Å². The second kappa shape index (κ2) is 5.61. The fourth-order valence-corrected chi connectivity index (χ4v) is 3.30. The van der Waals surface area contributed by atoms with Gasteiger partial charge in [-0.05, 0) is 37.2 Å². The molecular formula is C15H18F3N3OS. The third kappa shape index (κ3) is 2.79. The highest BCUT2D eigenvalue weighted by Gasteiger charge is 2.54. The van der Waals surface area contributed by atoms with E-state index in [2.05, 4.69) is 0 Å². The van der Waals surface area contributed by atoms with Gasteiger partial charge in [0.25, 0.3) is 0 Å². The first-order valence-corrected chi connectivity index (χ1v) is 7.79. The number of aromatic nitrogens is 2. The molecule has 1 aromatic heterocycles. The zero-order valence-corrected chi connectivity index (χ0v) is 13.5. The Kier molecular flexibility index (Phi) is 4.02. The van der Waals surface area contributed by atoms with Crippen molar-refractivity contribution in [1.29, 1.82) is 0 Å². The molecule has 0 atom stereocenters. The molecule has 3 rings (SSSR count). The van der Waals surface area contributed by atoms with Crippen molar-refractivity contribution in [3.05, 3.63) is 29.0 Å². The monoisotopic (exact) mass is 345 g/mol. The van der Waals surface area contributed by atoms with Crippen LogP contribution < -0.4 is 0 Å². The van der Waals surface area contributed by atoms with Crippen LogP contribution in [0.3, 0.4) is 0 Å². The Hall–Kier alpha value is -1.38. The predicted octanol–water partition coefficient (Wildman–Crippen LogP) is 3.06. The number of hydrogen-bond acceptors (Lipinski definition) is 3. The van der Waals surface area contributed by atoms with E-state index in [0.29, 0.717) is 11.4 Å². The van der Waals surface area contributed by atoms with Crippen LogP contribution in [0.15, 0.2) is 24.3 Å². The molecule has 1 N–H and O–H groups in total. The third-order valence-electron chi connectivity index (χ3n) is 4.60. The Morgan fingerprint density at radius 3 is 2.30 bits per heavy atom. The summed E-state index contributed by atoms with van der Waals surface area (Å²) in [5, 5.41) is 9.74. The Labute approximate surface area is 136 Å². The van der Waals surface area contributed by atoms with Gasteiger partial charge < -0.3 is 14.2 Å². The molecule has 2 heterocycles. The molecule has 1 aliphatic heterocycles. The van der Waals surface area contributed by atoms with E-state index in [9.17, 15) is 18.3 Å². The molecule has 0 radical (unpaired) electrons. The number of halogens is 3. The number of imidazole rings is 1. The standard InChI is InChI=1S/C15H18F3N3OS/c1-19-11-4-2-3-5-12(11)21(13(19)23)10-20-8-6-14(22,7-9-20)15(16,17)18/h2-5,22H,6-10H2,1H3. The van der Waals surface area contributed by atoms with Gasteiger partial charge in [0.15, 0.2) is 10.4 Å². The molecule has 0 bridgehead atoms. The first-order valence-electron chi connectivity index (χ1n) is 7.39. The zero-order chi connectivity index (χ0) is 16.8. The van der Waals surface area contributed by atoms with Crippen molar-refractivity contribution in [3.63, 3.8) is 0 Å². The summed E-state index contributed by atoms with van der Waals surface area (Å²) in [6.45, 7) is 0.788. The van der Waals surface area contributed by atoms with Crippen LogP contribution in [0.1, 0.15) is 12.8 Å². The molecular weight excluding hydrogens is 327 g/mol. The van der Waals surface area contributed by atoms with Gasteiger partial charge in [-0.2, -0.15) is 13.2 Å². The van der Waals surface area contributed by atoms with Gasteiger partial charge in [-0.1, -0.05) is 12.1 Å². The molecule has 1 aromatic carbocycles. The van der Waals surface area contributed by atoms with Crippen LogP contribution in [-0.4, -0.2) is 44.0 Å². The van der Waals surface area contributed by atoms with Gasteiger partial charge in [-0.3, -0.25) is 4.90 Å². The first-order chi connectivity index (χ1) is 10.7. The zero-order valence-electron chi connectivity index (χ0n) is 12.7. The van der Waals surface area contributed by atoms with Gasteiger partial charge in [0.05, 0.1) is 17.7 Å². The normalized spacial score (nSPS) is 19.3. The van der Waals surface area contributed by atoms with Crippen molar-refractivity contribution in [1.82, 2.24) is 14.0 Å². The second-order valence-electron chi connectivity index (χ2n) is 6.05. The molecule has 1 fully saturated rings. The molecule has 126 valence electrons. The lowest BCUT2D eigenvalue weighted by Crippen LogP contribution is -2.53. The maximum atomic E-state index is 12.9. The quantitative estimate of drug-likeness (QED) is 0.850. The summed E-state index contributed by atoms with van der Waals surface area (Å²) in [6.07, 6.45) is -5.20. The highest BCUT2D eigenvalue weighted by Crippen LogP contribution is 2.38. The number of fused-ring (bicyclic) bond motifs is 1. The highest BCUT2D eigenvalue weighted by molar-refractivity contribution is 7.71. The fraction of sp³-hybridized carbons (Fsp3) is 0.533. The van der Waals surface area contributed by atoms with E-state index in [4.69, 9.17) is 12.2 Å². The van der Waals surface area contributed by atoms with E-state index in [0.717, 1.165) is 11.0 Å². The molecule has 23 heavy (non-hydrogen) atoms. The van der Waals surface area contributed by atoms with Gasteiger partial charge in [-0.25, -0.2) is 0 Å². The lowest BCUT2D eigenvalue weighted by Gasteiger charge is -2.39. The lowest BCUT2D eigenvalue weighted by atomic mass is 9.91. The number of para-hydroxylation sites is 2. The fourth-order valence-electron chi connectivity index (χ4n) is 3.05. The molecule has 2 aromatic rings. The van der Waals surface area contributed by atoms with E-state index in [-0.39, 0.29) is 25.9 Å². The summed E-state index contributed by atoms with van der Waals surface area (Å²) in [7, 11) is 1.87. The summed E-state index contributed by atoms with van der Waals surface area (Å²) in [5.41, 5.74) is -0.623. The maximum Gasteiger partial charge on any atom is 0.417 e. The van der Waals surface area contributed by atoms with Crippen molar-refractivity contribution in [2.45, 2.75) is 31.3 Å². The Balaban J connectivity index is 1.80. The number of likely N-dealkylation sites (tertiary alicyclic amines) is 1. The Bertz CT molecular complexity index is 772. The summed E-state index contributed by atoms with van der Waals surface area (Å²) >= 11 is 5.44. The SMILES string of the molecule is Cn1c(=S)n(CN2CCC(O)(C(F)(F)F)CC2)c2ccccc21. The minimum atomic E-state index is -4.57. The number of hydrogen-bond donors (Lipinski definition) is 1. The largest absolute Gasteiger partial charge is 0.417 e. The minimum absolute atomic E-state index is 0.182. The van der Waals surface area contributed by atoms with Crippen molar-refractivity contribution >= 4 is 23.3 Å². The topological polar surface area (TPSA) is 33.3 Å². The summed E-state index contributed by atoms with van der Waals surface area (Å²) < 4.78 is 43.0. The van der Waals surface area contributed by atoms with Crippen LogP contribution in [0, 0.1) is 4.77 Å². The Morgan fingerprint density at radius 1 is 1.17 bits per heavy atom. The van der Waals surface area contributed by atoms with Gasteiger partial charge in [0.1, 0.15) is 0 Å². The number of aryl methyl sites for hydroxylation is 1. The maximum absolute atomic E-state index is 12.9. The number of piperidine rings is 1. The summed E-state index contributed by atoms with van der Waals surface area (Å²) in [4.78, 5) is 1.89. The Morgan fingerprint density at radius 2 is 1.74 bits per heavy atom. The van der Waals surface area contributed by atoms with Crippen LogP contribution in [0.5, 0.6) is 0 Å². The van der Waals surface area contributed by atoms with Crippen LogP contribution in [0.4, 0.5) is 13.2 Å². The van der Waals surface area contributed by atoms with Gasteiger partial charge in [-0.15, -0.1) is 0 Å². The number of aliphatic hydroxyl groups is 1. The summed E-state index contributed by atoms with van der Waals surface area (Å²) in [6, 6.07) is 7.74. The van der Waals surface area contributed by atoms with Gasteiger partial charge in [0, 0.05) is 20.1 Å². The van der Waals surface area contributed by atoms with E-state index in [1.165, 1.54) is 0 Å². The van der Waals surface area contributed by atoms with Crippen LogP contribution in [-0.2, 0) is 13.7 Å². The highest BCUT2D eigenvalue weighted by atomic mass is 32.1. The number of rotatable bonds is 2. The molecule has 1 aliphatic rings. The first kappa shape index (κ1) is 16.5. The average Bonchev–Trinajstić information content (AvgIpc) is 2.74. The molecule has 8 heteroatoms. The molecule has 1 saturated heterocycles. The molecule has 0 aliphatic carbocycles. The van der Waals surface area contributed by atoms with Crippen LogP contribution >= 0.6 is 12.2 Å². The minimum Gasteiger partial charge on any atom is -0.380 e. The summed E-state index contributed by atoms with van der Waals surface area (Å²) in [5.74, 6) is 0. The van der Waals surface area contributed by atoms with E-state index < -0.39 is 11.8 Å². The van der Waals surface area contributed by atoms with E-state index in [1.807, 2.05) is 45.3 Å². The van der Waals surface area contributed by atoms with Crippen molar-refractivity contribution in [2.24, 2.45) is 7.05 Å². The van der Waals surface area contributed by atoms with Crippen molar-refractivity contribution in [2.75, 3.05) is 13.1 Å². The average molecular weight is 345 g/mol. The predicted molar refractivity (Wildman–Crippen MR) is 83.6 cm³/mol. The lowest BCUT2D eigenvalue weighted by molar-refractivity contribution is -0.273. The second-order valence-corrected chi connectivity index (χ2v) is 6.41.